The molecule has 82 valence electrons. The highest BCUT2D eigenvalue weighted by atomic mass is 32.2. The number of carbonyl (C=O) groups excluding carboxylic acids is 1. The molecule has 0 saturated heterocycles. The number of benzene rings is 1. The highest BCUT2D eigenvalue weighted by Crippen LogP contribution is 2.18. The maximum Gasteiger partial charge on any atom is 0.178 e. The minimum atomic E-state index is -3.18. The Labute approximate surface area is 90.0 Å². The molecule has 0 aliphatic carbocycles. The molecule has 0 aliphatic heterocycles. The number of sulfone groups is 1. The molecule has 0 amide bonds. The Morgan fingerprint density at radius 3 is 2.60 bits per heavy atom. The summed E-state index contributed by atoms with van der Waals surface area (Å²) in [6.07, 6.45) is 0.803. The van der Waals surface area contributed by atoms with Gasteiger partial charge in [0.05, 0.1) is 10.6 Å². The first-order chi connectivity index (χ1) is 7.01. The van der Waals surface area contributed by atoms with E-state index < -0.39 is 9.84 Å². The summed E-state index contributed by atoms with van der Waals surface area (Å²) in [4.78, 5) is 10.9. The predicted molar refractivity (Wildman–Crippen MR) is 58.6 cm³/mol. The Balaban J connectivity index is 3.19. The summed E-state index contributed by atoms with van der Waals surface area (Å²) < 4.78 is 23.2. The van der Waals surface area contributed by atoms with Gasteiger partial charge < -0.3 is 4.79 Å². The summed E-state index contributed by atoms with van der Waals surface area (Å²) in [5.41, 5.74) is 0.736. The van der Waals surface area contributed by atoms with Gasteiger partial charge in [-0.3, -0.25) is 0 Å². The molecule has 1 rings (SSSR count). The molecular formula is C11H14O3S. The average molecular weight is 226 g/mol. The van der Waals surface area contributed by atoms with E-state index in [4.69, 9.17) is 0 Å². The van der Waals surface area contributed by atoms with Gasteiger partial charge in [-0.25, -0.2) is 8.42 Å². The quantitative estimate of drug-likeness (QED) is 0.735. The Hall–Kier alpha value is -1.16. The Morgan fingerprint density at radius 2 is 2.07 bits per heavy atom. The maximum atomic E-state index is 11.6. The van der Waals surface area contributed by atoms with Gasteiger partial charge in [0.1, 0.15) is 6.29 Å². The molecule has 1 aromatic rings. The standard InChI is InChI=1S/C11H14O3S/c1-3-15(13,14)11-6-4-5-10(7-11)9(2)8-12/h4-9H,3H2,1-2H3. The van der Waals surface area contributed by atoms with Crippen LogP contribution in [-0.2, 0) is 14.6 Å². The number of rotatable bonds is 4. The largest absolute Gasteiger partial charge is 0.303 e. The maximum absolute atomic E-state index is 11.6. The topological polar surface area (TPSA) is 51.2 Å². The van der Waals surface area contributed by atoms with Crippen LogP contribution in [-0.4, -0.2) is 20.5 Å². The minimum absolute atomic E-state index is 0.0753. The summed E-state index contributed by atoms with van der Waals surface area (Å²) in [6.45, 7) is 3.34. The normalized spacial score (nSPS) is 13.5. The van der Waals surface area contributed by atoms with Crippen LogP contribution in [0.25, 0.3) is 0 Å². The molecular weight excluding hydrogens is 212 g/mol. The lowest BCUT2D eigenvalue weighted by molar-refractivity contribution is -0.108. The number of hydrogen-bond donors (Lipinski definition) is 0. The number of carbonyl (C=O) groups is 1. The lowest BCUT2D eigenvalue weighted by atomic mass is 10.0. The third-order valence-corrected chi connectivity index (χ3v) is 4.06. The summed E-state index contributed by atoms with van der Waals surface area (Å²) in [7, 11) is -3.18. The van der Waals surface area contributed by atoms with Crippen molar-refractivity contribution >= 4 is 16.1 Å². The van der Waals surface area contributed by atoms with Gasteiger partial charge in [0.25, 0.3) is 0 Å². The summed E-state index contributed by atoms with van der Waals surface area (Å²) >= 11 is 0. The van der Waals surface area contributed by atoms with Gasteiger partial charge >= 0.3 is 0 Å². The molecule has 1 unspecified atom stereocenters. The van der Waals surface area contributed by atoms with E-state index in [-0.39, 0.29) is 16.6 Å². The van der Waals surface area contributed by atoms with E-state index in [1.54, 1.807) is 38.1 Å². The van der Waals surface area contributed by atoms with Gasteiger partial charge in [0.15, 0.2) is 9.84 Å². The molecule has 1 atom stereocenters. The second-order valence-corrected chi connectivity index (χ2v) is 5.68. The van der Waals surface area contributed by atoms with Crippen LogP contribution in [0.3, 0.4) is 0 Å². The third-order valence-electron chi connectivity index (χ3n) is 2.33. The van der Waals surface area contributed by atoms with Crippen LogP contribution >= 0.6 is 0 Å². The van der Waals surface area contributed by atoms with Crippen molar-refractivity contribution < 1.29 is 13.2 Å². The molecule has 15 heavy (non-hydrogen) atoms. The molecule has 0 spiro atoms. The van der Waals surface area contributed by atoms with E-state index in [1.807, 2.05) is 0 Å². The second kappa shape index (κ2) is 4.57. The number of hydrogen-bond acceptors (Lipinski definition) is 3. The lowest BCUT2D eigenvalue weighted by Gasteiger charge is -2.06. The smallest absolute Gasteiger partial charge is 0.178 e. The van der Waals surface area contributed by atoms with Crippen molar-refractivity contribution in [3.8, 4) is 0 Å². The molecule has 0 aliphatic rings. The summed E-state index contributed by atoms with van der Waals surface area (Å²) in [5, 5.41) is 0. The van der Waals surface area contributed by atoms with Crippen LogP contribution in [0.5, 0.6) is 0 Å². The molecule has 0 bridgehead atoms. The van der Waals surface area contributed by atoms with Crippen LogP contribution in [0.1, 0.15) is 25.3 Å². The number of aldehydes is 1. The van der Waals surface area contributed by atoms with E-state index in [1.165, 1.54) is 0 Å². The average Bonchev–Trinajstić information content (AvgIpc) is 2.28. The first-order valence-corrected chi connectivity index (χ1v) is 6.44. The zero-order valence-electron chi connectivity index (χ0n) is 8.80. The van der Waals surface area contributed by atoms with Crippen molar-refractivity contribution in [1.82, 2.24) is 0 Å². The van der Waals surface area contributed by atoms with Crippen LogP contribution < -0.4 is 0 Å². The molecule has 4 heteroatoms. The fraction of sp³-hybridized carbons (Fsp3) is 0.364. The summed E-state index contributed by atoms with van der Waals surface area (Å²) in [6, 6.07) is 6.55. The zero-order valence-corrected chi connectivity index (χ0v) is 9.62. The van der Waals surface area contributed by atoms with Crippen molar-refractivity contribution in [3.63, 3.8) is 0 Å². The predicted octanol–water partition coefficient (Wildman–Crippen LogP) is 1.78. The van der Waals surface area contributed by atoms with Crippen LogP contribution in [0.15, 0.2) is 29.2 Å². The van der Waals surface area contributed by atoms with Crippen LogP contribution in [0, 0.1) is 0 Å². The third kappa shape index (κ3) is 2.65. The molecule has 0 aromatic heterocycles. The van der Waals surface area contributed by atoms with Crippen LogP contribution in [0.4, 0.5) is 0 Å². The monoisotopic (exact) mass is 226 g/mol. The van der Waals surface area contributed by atoms with Crippen molar-refractivity contribution in [3.05, 3.63) is 29.8 Å². The highest BCUT2D eigenvalue weighted by Gasteiger charge is 2.13. The van der Waals surface area contributed by atoms with E-state index in [9.17, 15) is 13.2 Å². The molecule has 3 nitrogen and oxygen atoms in total. The first-order valence-electron chi connectivity index (χ1n) is 4.79. The fourth-order valence-corrected chi connectivity index (χ4v) is 2.17. The van der Waals surface area contributed by atoms with Crippen molar-refractivity contribution in [2.24, 2.45) is 0 Å². The lowest BCUT2D eigenvalue weighted by Crippen LogP contribution is -2.05. The Kier molecular flexibility index (Phi) is 3.63. The Bertz CT molecular complexity index is 449. The highest BCUT2D eigenvalue weighted by molar-refractivity contribution is 7.91. The van der Waals surface area contributed by atoms with Crippen molar-refractivity contribution in [2.45, 2.75) is 24.7 Å². The first kappa shape index (κ1) is 11.9. The molecule has 0 saturated carbocycles. The fourth-order valence-electron chi connectivity index (χ4n) is 1.24. The van der Waals surface area contributed by atoms with Crippen LogP contribution in [0.2, 0.25) is 0 Å². The van der Waals surface area contributed by atoms with Crippen molar-refractivity contribution in [2.75, 3.05) is 5.75 Å². The van der Waals surface area contributed by atoms with Gasteiger partial charge in [-0.2, -0.15) is 0 Å². The second-order valence-electron chi connectivity index (χ2n) is 3.40. The van der Waals surface area contributed by atoms with Crippen molar-refractivity contribution in [1.29, 1.82) is 0 Å². The molecule has 0 fully saturated rings. The minimum Gasteiger partial charge on any atom is -0.303 e. The molecule has 0 radical (unpaired) electrons. The molecule has 1 aromatic carbocycles. The van der Waals surface area contributed by atoms with E-state index >= 15 is 0 Å². The van der Waals surface area contributed by atoms with Gasteiger partial charge in [0, 0.05) is 5.92 Å². The van der Waals surface area contributed by atoms with Gasteiger partial charge in [-0.05, 0) is 17.7 Å². The van der Waals surface area contributed by atoms with Gasteiger partial charge in [-0.1, -0.05) is 26.0 Å². The van der Waals surface area contributed by atoms with E-state index in [0.29, 0.717) is 0 Å². The zero-order chi connectivity index (χ0) is 11.5. The van der Waals surface area contributed by atoms with Gasteiger partial charge in [-0.15, -0.1) is 0 Å². The van der Waals surface area contributed by atoms with Gasteiger partial charge in [0.2, 0.25) is 0 Å². The molecule has 0 N–H and O–H groups in total. The summed E-state index contributed by atoms with van der Waals surface area (Å²) in [5.74, 6) is -0.191. The van der Waals surface area contributed by atoms with E-state index in [0.717, 1.165) is 11.8 Å². The SMILES string of the molecule is CCS(=O)(=O)c1cccc(C(C)C=O)c1. The van der Waals surface area contributed by atoms with E-state index in [2.05, 4.69) is 0 Å². The Morgan fingerprint density at radius 1 is 1.40 bits per heavy atom. The molecule has 0 heterocycles.